The molecule has 0 unspecified atom stereocenters. The minimum atomic E-state index is 0.165. The van der Waals surface area contributed by atoms with Gasteiger partial charge in [-0.2, -0.15) is 5.10 Å². The van der Waals surface area contributed by atoms with Gasteiger partial charge in [-0.15, -0.1) is 11.3 Å². The summed E-state index contributed by atoms with van der Waals surface area (Å²) < 4.78 is 7.28. The Hall–Kier alpha value is -3.65. The number of nitrogens with one attached hydrogen (secondary N) is 1. The van der Waals surface area contributed by atoms with Gasteiger partial charge in [0.05, 0.1) is 18.2 Å². The van der Waals surface area contributed by atoms with Gasteiger partial charge < -0.3 is 9.84 Å². The van der Waals surface area contributed by atoms with Gasteiger partial charge in [-0.25, -0.2) is 4.98 Å². The molecule has 2 N–H and O–H groups in total. The molecule has 4 aromatic heterocycles. The highest BCUT2D eigenvalue weighted by Gasteiger charge is 2.31. The minimum Gasteiger partial charge on any atom is -0.497 e. The fraction of sp³-hybridized carbons (Fsp3) is 0.269. The smallest absolute Gasteiger partial charge is 0.224 e. The number of pyridine rings is 1. The van der Waals surface area contributed by atoms with Crippen LogP contribution in [0.5, 0.6) is 11.6 Å². The number of hydrogen-bond donors (Lipinski definition) is 2. The Morgan fingerprint density at radius 2 is 1.79 bits per heavy atom. The van der Waals surface area contributed by atoms with E-state index >= 15 is 0 Å². The first-order valence-electron chi connectivity index (χ1n) is 11.6. The maximum Gasteiger partial charge on any atom is 0.224 e. The second-order valence-corrected chi connectivity index (χ2v) is 9.52. The number of aromatic hydroxyl groups is 1. The van der Waals surface area contributed by atoms with Crippen LogP contribution in [0.25, 0.3) is 38.5 Å². The van der Waals surface area contributed by atoms with E-state index in [9.17, 15) is 5.11 Å². The predicted molar refractivity (Wildman–Crippen MR) is 134 cm³/mol. The van der Waals surface area contributed by atoms with Crippen LogP contribution in [0.2, 0.25) is 0 Å². The van der Waals surface area contributed by atoms with Gasteiger partial charge in [0.15, 0.2) is 5.13 Å². The normalized spacial score (nSPS) is 14.6. The standard InChI is InChI=1S/C26H25N5O2S/c1-33-19-9-7-17(8-10-19)22-21-23(30-29-22)25(32)31(24(21)18-5-3-2-4-6-18)26-28-20(15-34-26)16-11-13-27-14-12-16/h7-15,18,30,32H,2-6H2,1H3. The molecule has 0 radical (unpaired) electrons. The molecule has 0 atom stereocenters. The van der Waals surface area contributed by atoms with Gasteiger partial charge in [0, 0.05) is 40.5 Å². The van der Waals surface area contributed by atoms with E-state index in [1.54, 1.807) is 19.5 Å². The van der Waals surface area contributed by atoms with Gasteiger partial charge in [-0.05, 0) is 49.2 Å². The Morgan fingerprint density at radius 3 is 2.53 bits per heavy atom. The molecular weight excluding hydrogens is 446 g/mol. The number of H-pyrrole nitrogens is 1. The van der Waals surface area contributed by atoms with E-state index in [1.807, 2.05) is 46.3 Å². The SMILES string of the molecule is COc1ccc(-c2n[nH]c3c(O)n(-c4nc(-c5ccncc5)cs4)c(C4CCCCC4)c23)cc1. The highest BCUT2D eigenvalue weighted by molar-refractivity contribution is 7.12. The minimum absolute atomic E-state index is 0.165. The van der Waals surface area contributed by atoms with Crippen LogP contribution in [0.3, 0.4) is 0 Å². The second-order valence-electron chi connectivity index (χ2n) is 8.68. The van der Waals surface area contributed by atoms with Crippen LogP contribution in [0.15, 0.2) is 54.2 Å². The van der Waals surface area contributed by atoms with Crippen LogP contribution in [-0.2, 0) is 0 Å². The zero-order valence-corrected chi connectivity index (χ0v) is 19.7. The summed E-state index contributed by atoms with van der Waals surface area (Å²) in [4.78, 5) is 9.02. The molecule has 7 nitrogen and oxygen atoms in total. The van der Waals surface area contributed by atoms with Crippen LogP contribution in [0, 0.1) is 0 Å². The number of thiazole rings is 1. The van der Waals surface area contributed by atoms with Crippen molar-refractivity contribution < 1.29 is 9.84 Å². The Morgan fingerprint density at radius 1 is 1.03 bits per heavy atom. The van der Waals surface area contributed by atoms with Crippen molar-refractivity contribution in [2.75, 3.05) is 7.11 Å². The topological polar surface area (TPSA) is 88.9 Å². The van der Waals surface area contributed by atoms with E-state index in [2.05, 4.69) is 15.2 Å². The van der Waals surface area contributed by atoms with Crippen LogP contribution < -0.4 is 4.74 Å². The quantitative estimate of drug-likeness (QED) is 0.314. The maximum atomic E-state index is 11.4. The lowest BCUT2D eigenvalue weighted by Crippen LogP contribution is -2.10. The van der Waals surface area contributed by atoms with Crippen molar-refractivity contribution in [2.45, 2.75) is 38.0 Å². The third-order valence-electron chi connectivity index (χ3n) is 6.71. The first-order chi connectivity index (χ1) is 16.7. The van der Waals surface area contributed by atoms with Gasteiger partial charge in [0.1, 0.15) is 17.0 Å². The predicted octanol–water partition coefficient (Wildman–Crippen LogP) is 6.30. The van der Waals surface area contributed by atoms with E-state index in [1.165, 1.54) is 30.6 Å². The molecule has 1 fully saturated rings. The lowest BCUT2D eigenvalue weighted by Gasteiger charge is -2.23. The van der Waals surface area contributed by atoms with Crippen molar-refractivity contribution in [3.05, 3.63) is 59.9 Å². The molecule has 0 bridgehead atoms. The highest BCUT2D eigenvalue weighted by Crippen LogP contribution is 2.46. The van der Waals surface area contributed by atoms with Crippen molar-refractivity contribution in [1.82, 2.24) is 24.7 Å². The molecule has 4 heterocycles. The lowest BCUT2D eigenvalue weighted by molar-refractivity contribution is 0.413. The number of nitrogens with zero attached hydrogens (tertiary/aromatic N) is 4. The molecular formula is C26H25N5O2S. The zero-order chi connectivity index (χ0) is 23.1. The average molecular weight is 472 g/mol. The molecule has 34 heavy (non-hydrogen) atoms. The summed E-state index contributed by atoms with van der Waals surface area (Å²) in [5, 5.41) is 22.9. The lowest BCUT2D eigenvalue weighted by atomic mass is 9.85. The fourth-order valence-corrected chi connectivity index (χ4v) is 5.87. The van der Waals surface area contributed by atoms with E-state index in [4.69, 9.17) is 9.72 Å². The first-order valence-corrected chi connectivity index (χ1v) is 12.4. The molecule has 0 spiro atoms. The van der Waals surface area contributed by atoms with Gasteiger partial charge in [-0.1, -0.05) is 19.3 Å². The molecule has 1 aliphatic rings. The number of ether oxygens (including phenoxy) is 1. The third kappa shape index (κ3) is 3.45. The highest BCUT2D eigenvalue weighted by atomic mass is 32.1. The molecule has 5 aromatic rings. The fourth-order valence-electron chi connectivity index (χ4n) is 5.03. The molecule has 172 valence electrons. The van der Waals surface area contributed by atoms with E-state index in [0.717, 1.165) is 57.3 Å². The molecule has 1 saturated carbocycles. The van der Waals surface area contributed by atoms with Crippen LogP contribution in [0.1, 0.15) is 43.7 Å². The average Bonchev–Trinajstić information content (AvgIpc) is 3.61. The van der Waals surface area contributed by atoms with E-state index < -0.39 is 0 Å². The van der Waals surface area contributed by atoms with Crippen LogP contribution in [-0.4, -0.2) is 36.9 Å². The number of aromatic nitrogens is 5. The molecule has 0 amide bonds. The first kappa shape index (κ1) is 20.9. The van der Waals surface area contributed by atoms with Gasteiger partial charge in [0.25, 0.3) is 0 Å². The summed E-state index contributed by atoms with van der Waals surface area (Å²) in [6.45, 7) is 0. The monoisotopic (exact) mass is 471 g/mol. The molecule has 6 rings (SSSR count). The third-order valence-corrected chi connectivity index (χ3v) is 7.54. The van der Waals surface area contributed by atoms with Crippen molar-refractivity contribution in [3.63, 3.8) is 0 Å². The summed E-state index contributed by atoms with van der Waals surface area (Å²) in [7, 11) is 1.66. The largest absolute Gasteiger partial charge is 0.497 e. The Labute approximate surface area is 201 Å². The van der Waals surface area contributed by atoms with Gasteiger partial charge in [-0.3, -0.25) is 14.6 Å². The van der Waals surface area contributed by atoms with Crippen LogP contribution >= 0.6 is 11.3 Å². The second kappa shape index (κ2) is 8.61. The number of methoxy groups -OCH3 is 1. The van der Waals surface area contributed by atoms with Crippen molar-refractivity contribution in [2.24, 2.45) is 0 Å². The van der Waals surface area contributed by atoms with Crippen molar-refractivity contribution in [3.8, 4) is 39.3 Å². The summed E-state index contributed by atoms with van der Waals surface area (Å²) in [6, 6.07) is 11.8. The van der Waals surface area contributed by atoms with Crippen LogP contribution in [0.4, 0.5) is 0 Å². The Balaban J connectivity index is 1.55. The van der Waals surface area contributed by atoms with Crippen molar-refractivity contribution >= 4 is 22.2 Å². The summed E-state index contributed by atoms with van der Waals surface area (Å²) >= 11 is 1.54. The number of benzene rings is 1. The number of fused-ring (bicyclic) bond motifs is 1. The molecule has 8 heteroatoms. The zero-order valence-electron chi connectivity index (χ0n) is 18.9. The number of rotatable bonds is 5. The molecule has 0 saturated heterocycles. The number of aromatic amines is 1. The number of hydrogen-bond acceptors (Lipinski definition) is 6. The summed E-state index contributed by atoms with van der Waals surface area (Å²) in [6.07, 6.45) is 9.35. The summed E-state index contributed by atoms with van der Waals surface area (Å²) in [5.74, 6) is 1.30. The maximum absolute atomic E-state index is 11.4. The Bertz CT molecular complexity index is 1430. The Kier molecular flexibility index (Phi) is 5.30. The molecule has 1 aliphatic carbocycles. The van der Waals surface area contributed by atoms with E-state index in [0.29, 0.717) is 11.4 Å². The summed E-state index contributed by atoms with van der Waals surface area (Å²) in [5.41, 5.74) is 5.47. The molecule has 0 aliphatic heterocycles. The van der Waals surface area contributed by atoms with E-state index in [-0.39, 0.29) is 5.88 Å². The van der Waals surface area contributed by atoms with Gasteiger partial charge >= 0.3 is 0 Å². The van der Waals surface area contributed by atoms with Crippen molar-refractivity contribution in [1.29, 1.82) is 0 Å². The molecule has 1 aromatic carbocycles. The van der Waals surface area contributed by atoms with Gasteiger partial charge in [0.2, 0.25) is 5.88 Å².